The molecule has 2 nitrogen and oxygen atoms in total. The van der Waals surface area contributed by atoms with Gasteiger partial charge in [0.2, 0.25) is 0 Å². The lowest BCUT2D eigenvalue weighted by molar-refractivity contribution is -0.0206. The van der Waals surface area contributed by atoms with E-state index in [1.807, 2.05) is 0 Å². The molecule has 0 radical (unpaired) electrons. The van der Waals surface area contributed by atoms with Crippen molar-refractivity contribution < 1.29 is 4.74 Å². The highest BCUT2D eigenvalue weighted by molar-refractivity contribution is 9.09. The molecule has 2 unspecified atom stereocenters. The second-order valence-corrected chi connectivity index (χ2v) is 5.47. The molecule has 0 aromatic heterocycles. The first-order valence-electron chi connectivity index (χ1n) is 6.70. The summed E-state index contributed by atoms with van der Waals surface area (Å²) in [6.45, 7) is 8.99. The van der Waals surface area contributed by atoms with Crippen LogP contribution in [0.15, 0.2) is 0 Å². The van der Waals surface area contributed by atoms with E-state index in [-0.39, 0.29) is 0 Å². The zero-order valence-electron chi connectivity index (χ0n) is 10.8. The minimum Gasteiger partial charge on any atom is -0.375 e. The molecular formula is C13H26BrNO. The van der Waals surface area contributed by atoms with Gasteiger partial charge in [0.05, 0.1) is 12.7 Å². The number of alkyl halides is 1. The van der Waals surface area contributed by atoms with Crippen LogP contribution in [0.25, 0.3) is 0 Å². The first-order chi connectivity index (χ1) is 7.80. The minimum atomic E-state index is 0.400. The predicted octanol–water partition coefficient (Wildman–Crippen LogP) is 3.30. The van der Waals surface area contributed by atoms with Crippen LogP contribution >= 0.6 is 15.9 Å². The molecule has 1 fully saturated rings. The molecule has 0 spiro atoms. The van der Waals surface area contributed by atoms with Gasteiger partial charge >= 0.3 is 0 Å². The van der Waals surface area contributed by atoms with Crippen molar-refractivity contribution in [3.63, 3.8) is 0 Å². The topological polar surface area (TPSA) is 12.5 Å². The lowest BCUT2D eigenvalue weighted by Crippen LogP contribution is -2.45. The van der Waals surface area contributed by atoms with Crippen molar-refractivity contribution in [2.45, 2.75) is 45.6 Å². The Labute approximate surface area is 109 Å². The molecule has 0 aliphatic carbocycles. The Bertz CT molecular complexity index is 177. The summed E-state index contributed by atoms with van der Waals surface area (Å²) in [6.07, 6.45) is 5.81. The zero-order chi connectivity index (χ0) is 11.8. The number of hydrogen-bond donors (Lipinski definition) is 0. The van der Waals surface area contributed by atoms with Crippen LogP contribution in [0.4, 0.5) is 0 Å². The van der Waals surface area contributed by atoms with Crippen molar-refractivity contribution in [2.24, 2.45) is 5.92 Å². The maximum atomic E-state index is 5.67. The van der Waals surface area contributed by atoms with Gasteiger partial charge in [0.25, 0.3) is 0 Å². The molecule has 0 aromatic carbocycles. The Morgan fingerprint density at radius 2 is 2.25 bits per heavy atom. The maximum Gasteiger partial charge on any atom is 0.0799 e. The van der Waals surface area contributed by atoms with E-state index in [4.69, 9.17) is 4.74 Å². The third kappa shape index (κ3) is 5.15. The molecule has 1 saturated heterocycles. The number of nitrogens with zero attached hydrogens (tertiary/aromatic N) is 1. The quantitative estimate of drug-likeness (QED) is 0.668. The molecule has 96 valence electrons. The van der Waals surface area contributed by atoms with Gasteiger partial charge in [0.15, 0.2) is 0 Å². The van der Waals surface area contributed by atoms with Gasteiger partial charge in [-0.15, -0.1) is 0 Å². The number of rotatable bonds is 7. The molecule has 0 saturated carbocycles. The Morgan fingerprint density at radius 1 is 1.44 bits per heavy atom. The van der Waals surface area contributed by atoms with Crippen LogP contribution in [0.5, 0.6) is 0 Å². The molecule has 0 aromatic rings. The van der Waals surface area contributed by atoms with E-state index < -0.39 is 0 Å². The summed E-state index contributed by atoms with van der Waals surface area (Å²) in [6, 6.07) is 0. The SMILES string of the molecule is CCCCC(CC)CN1CCOC(CBr)C1. The number of halogens is 1. The van der Waals surface area contributed by atoms with Crippen LogP contribution in [-0.4, -0.2) is 42.6 Å². The molecule has 0 amide bonds. The number of ether oxygens (including phenoxy) is 1. The molecule has 16 heavy (non-hydrogen) atoms. The monoisotopic (exact) mass is 291 g/mol. The molecule has 1 heterocycles. The predicted molar refractivity (Wildman–Crippen MR) is 73.3 cm³/mol. The van der Waals surface area contributed by atoms with Gasteiger partial charge in [-0.2, -0.15) is 0 Å². The van der Waals surface area contributed by atoms with Crippen LogP contribution in [0, 0.1) is 5.92 Å². The van der Waals surface area contributed by atoms with Crippen LogP contribution < -0.4 is 0 Å². The number of hydrogen-bond acceptors (Lipinski definition) is 2. The Kier molecular flexibility index (Phi) is 7.67. The van der Waals surface area contributed by atoms with Gasteiger partial charge in [0.1, 0.15) is 0 Å². The first-order valence-corrected chi connectivity index (χ1v) is 7.82. The molecule has 0 N–H and O–H groups in total. The van der Waals surface area contributed by atoms with E-state index >= 15 is 0 Å². The van der Waals surface area contributed by atoms with Crippen molar-refractivity contribution in [3.8, 4) is 0 Å². The lowest BCUT2D eigenvalue weighted by atomic mass is 9.98. The summed E-state index contributed by atoms with van der Waals surface area (Å²) in [7, 11) is 0. The molecule has 1 rings (SSSR count). The fourth-order valence-electron chi connectivity index (χ4n) is 2.32. The van der Waals surface area contributed by atoms with Gasteiger partial charge in [0, 0.05) is 25.0 Å². The fraction of sp³-hybridized carbons (Fsp3) is 1.00. The maximum absolute atomic E-state index is 5.67. The van der Waals surface area contributed by atoms with Crippen molar-refractivity contribution in [3.05, 3.63) is 0 Å². The smallest absolute Gasteiger partial charge is 0.0799 e. The average Bonchev–Trinajstić information content (AvgIpc) is 2.34. The van der Waals surface area contributed by atoms with Gasteiger partial charge in [-0.05, 0) is 12.3 Å². The lowest BCUT2D eigenvalue weighted by Gasteiger charge is -2.34. The van der Waals surface area contributed by atoms with Crippen molar-refractivity contribution in [1.82, 2.24) is 4.90 Å². The highest BCUT2D eigenvalue weighted by Crippen LogP contribution is 2.16. The molecule has 0 bridgehead atoms. The molecule has 1 aliphatic heterocycles. The van der Waals surface area contributed by atoms with Gasteiger partial charge in [-0.25, -0.2) is 0 Å². The Balaban J connectivity index is 2.27. The number of morpholine rings is 1. The van der Waals surface area contributed by atoms with Gasteiger partial charge in [-0.1, -0.05) is 49.0 Å². The second-order valence-electron chi connectivity index (χ2n) is 4.82. The summed E-state index contributed by atoms with van der Waals surface area (Å²) in [5, 5.41) is 0.968. The van der Waals surface area contributed by atoms with Crippen molar-refractivity contribution >= 4 is 15.9 Å². The normalized spacial score (nSPS) is 24.6. The molecule has 1 aliphatic rings. The van der Waals surface area contributed by atoms with Crippen LogP contribution in [0.3, 0.4) is 0 Å². The molecular weight excluding hydrogens is 266 g/mol. The Morgan fingerprint density at radius 3 is 2.88 bits per heavy atom. The summed E-state index contributed by atoms with van der Waals surface area (Å²) >= 11 is 3.51. The van der Waals surface area contributed by atoms with Gasteiger partial charge < -0.3 is 4.74 Å². The Hall–Kier alpha value is 0.400. The van der Waals surface area contributed by atoms with Crippen LogP contribution in [-0.2, 0) is 4.74 Å². The molecule has 3 heteroatoms. The zero-order valence-corrected chi connectivity index (χ0v) is 12.3. The third-order valence-electron chi connectivity index (χ3n) is 3.45. The largest absolute Gasteiger partial charge is 0.375 e. The van der Waals surface area contributed by atoms with E-state index in [1.165, 1.54) is 32.2 Å². The van der Waals surface area contributed by atoms with E-state index in [1.54, 1.807) is 0 Å². The number of unbranched alkanes of at least 4 members (excludes halogenated alkanes) is 1. The second kappa shape index (κ2) is 8.48. The highest BCUT2D eigenvalue weighted by atomic mass is 79.9. The van der Waals surface area contributed by atoms with E-state index in [0.717, 1.165) is 30.9 Å². The minimum absolute atomic E-state index is 0.400. The van der Waals surface area contributed by atoms with E-state index in [0.29, 0.717) is 6.10 Å². The van der Waals surface area contributed by atoms with Crippen molar-refractivity contribution in [1.29, 1.82) is 0 Å². The summed E-state index contributed by atoms with van der Waals surface area (Å²) in [5.41, 5.74) is 0. The summed E-state index contributed by atoms with van der Waals surface area (Å²) in [5.74, 6) is 0.883. The van der Waals surface area contributed by atoms with E-state index in [9.17, 15) is 0 Å². The van der Waals surface area contributed by atoms with Crippen LogP contribution in [0.2, 0.25) is 0 Å². The average molecular weight is 292 g/mol. The molecule has 2 atom stereocenters. The standard InChI is InChI=1S/C13H26BrNO/c1-3-5-6-12(4-2)10-15-7-8-16-13(9-14)11-15/h12-13H,3-11H2,1-2H3. The first kappa shape index (κ1) is 14.5. The third-order valence-corrected chi connectivity index (χ3v) is 4.18. The summed E-state index contributed by atoms with van der Waals surface area (Å²) in [4.78, 5) is 2.58. The van der Waals surface area contributed by atoms with Gasteiger partial charge in [-0.3, -0.25) is 4.90 Å². The van der Waals surface area contributed by atoms with Crippen LogP contribution in [0.1, 0.15) is 39.5 Å². The highest BCUT2D eigenvalue weighted by Gasteiger charge is 2.21. The van der Waals surface area contributed by atoms with E-state index in [2.05, 4.69) is 34.7 Å². The fourth-order valence-corrected chi connectivity index (χ4v) is 2.71. The van der Waals surface area contributed by atoms with Crippen molar-refractivity contribution in [2.75, 3.05) is 31.6 Å². The summed E-state index contributed by atoms with van der Waals surface area (Å²) < 4.78 is 5.67.